The lowest BCUT2D eigenvalue weighted by atomic mass is 9.74. The van der Waals surface area contributed by atoms with E-state index in [1.165, 1.54) is 77.2 Å². The Morgan fingerprint density at radius 2 is 0.667 bits per heavy atom. The molecule has 0 saturated carbocycles. The van der Waals surface area contributed by atoms with Crippen LogP contribution < -0.4 is 0 Å². The molecule has 0 heteroatoms. The Balaban J connectivity index is 1.58. The van der Waals surface area contributed by atoms with Crippen LogP contribution in [0.15, 0.2) is 59.7 Å². The SMILES string of the molecule is CC(C)(C)c1cc2c3c(cc(C(C)(C)C)cc3c1)CC(C1=Cc3cc(C(C)(C)C)cc4cc(C(C)(C)C)cc(c34)C1)=C2. The molecule has 0 fully saturated rings. The van der Waals surface area contributed by atoms with Crippen molar-refractivity contribution in [2.75, 3.05) is 0 Å². The highest BCUT2D eigenvalue weighted by Crippen LogP contribution is 2.44. The lowest BCUT2D eigenvalue weighted by molar-refractivity contribution is 0.588. The third kappa shape index (κ3) is 5.06. The Morgan fingerprint density at radius 1 is 0.381 bits per heavy atom. The molecule has 0 nitrogen and oxygen atoms in total. The lowest BCUT2D eigenvalue weighted by Gasteiger charge is -2.30. The lowest BCUT2D eigenvalue weighted by Crippen LogP contribution is -2.16. The molecular formula is C42H50. The molecule has 0 radical (unpaired) electrons. The zero-order chi connectivity index (χ0) is 30.6. The van der Waals surface area contributed by atoms with E-state index >= 15 is 0 Å². The fraction of sp³-hybridized carbons (Fsp3) is 0.429. The van der Waals surface area contributed by atoms with Crippen LogP contribution in [0.5, 0.6) is 0 Å². The van der Waals surface area contributed by atoms with Gasteiger partial charge in [0.25, 0.3) is 0 Å². The van der Waals surface area contributed by atoms with Gasteiger partial charge in [0.05, 0.1) is 0 Å². The monoisotopic (exact) mass is 554 g/mol. The summed E-state index contributed by atoms with van der Waals surface area (Å²) < 4.78 is 0. The van der Waals surface area contributed by atoms with E-state index in [-0.39, 0.29) is 21.7 Å². The van der Waals surface area contributed by atoms with Crippen LogP contribution in [0.2, 0.25) is 0 Å². The molecule has 0 heterocycles. The molecule has 42 heavy (non-hydrogen) atoms. The molecule has 2 aliphatic rings. The number of benzene rings is 4. The molecule has 0 amide bonds. The van der Waals surface area contributed by atoms with Gasteiger partial charge in [-0.2, -0.15) is 0 Å². The fourth-order valence-electron chi connectivity index (χ4n) is 6.82. The predicted octanol–water partition coefficient (Wildman–Crippen LogP) is 11.8. The van der Waals surface area contributed by atoms with Crippen LogP contribution in [-0.4, -0.2) is 0 Å². The van der Waals surface area contributed by atoms with Gasteiger partial charge in [0.1, 0.15) is 0 Å². The van der Waals surface area contributed by atoms with Crippen LogP contribution in [0.4, 0.5) is 0 Å². The molecule has 2 aliphatic carbocycles. The Hall–Kier alpha value is -3.12. The summed E-state index contributed by atoms with van der Waals surface area (Å²) in [5.41, 5.74) is 14.8. The van der Waals surface area contributed by atoms with E-state index in [0.717, 1.165) is 12.8 Å². The highest BCUT2D eigenvalue weighted by Gasteiger charge is 2.27. The van der Waals surface area contributed by atoms with Crippen molar-refractivity contribution in [3.05, 3.63) is 104 Å². The second-order valence-corrected chi connectivity index (χ2v) is 17.3. The van der Waals surface area contributed by atoms with Crippen molar-refractivity contribution in [1.82, 2.24) is 0 Å². The normalized spacial score (nSPS) is 15.7. The standard InChI is InChI=1S/C42H50/c1-39(2,3)33-17-27-13-25(14-28-18-34(40(4,5)6)22-31(21-33)37(27)28)26-15-29-19-35(41(7,8)9)23-32-24-36(42(10,11)12)20-30(16-26)38(29)32/h13,15,17-24H,14,16H2,1-12H3. The average Bonchev–Trinajstić information content (AvgIpc) is 2.85. The van der Waals surface area contributed by atoms with Gasteiger partial charge in [-0.1, -0.05) is 144 Å². The van der Waals surface area contributed by atoms with Crippen molar-refractivity contribution < 1.29 is 0 Å². The topological polar surface area (TPSA) is 0 Å². The van der Waals surface area contributed by atoms with E-state index in [4.69, 9.17) is 0 Å². The van der Waals surface area contributed by atoms with Gasteiger partial charge in [-0.25, -0.2) is 0 Å². The van der Waals surface area contributed by atoms with Crippen LogP contribution >= 0.6 is 0 Å². The summed E-state index contributed by atoms with van der Waals surface area (Å²) in [6.45, 7) is 28.1. The van der Waals surface area contributed by atoms with E-state index in [1.54, 1.807) is 0 Å². The maximum atomic E-state index is 2.52. The minimum absolute atomic E-state index is 0.0967. The first-order valence-corrected chi connectivity index (χ1v) is 15.9. The number of hydrogen-bond donors (Lipinski definition) is 0. The Kier molecular flexibility index (Phi) is 6.34. The van der Waals surface area contributed by atoms with E-state index in [2.05, 4.69) is 144 Å². The molecule has 0 aliphatic heterocycles. The molecule has 4 aromatic carbocycles. The predicted molar refractivity (Wildman–Crippen MR) is 186 cm³/mol. The quantitative estimate of drug-likeness (QED) is 0.219. The molecule has 0 N–H and O–H groups in total. The molecule has 0 saturated heterocycles. The molecule has 6 rings (SSSR count). The fourth-order valence-corrected chi connectivity index (χ4v) is 6.82. The molecule has 0 aromatic heterocycles. The molecule has 0 unspecified atom stereocenters. The van der Waals surface area contributed by atoms with Gasteiger partial charge in [0, 0.05) is 0 Å². The number of rotatable bonds is 1. The van der Waals surface area contributed by atoms with Gasteiger partial charge < -0.3 is 0 Å². The second-order valence-electron chi connectivity index (χ2n) is 17.3. The summed E-state index contributed by atoms with van der Waals surface area (Å²) >= 11 is 0. The van der Waals surface area contributed by atoms with Crippen molar-refractivity contribution in [3.8, 4) is 0 Å². The largest absolute Gasteiger partial charge is 0.0561 e. The van der Waals surface area contributed by atoms with Gasteiger partial charge >= 0.3 is 0 Å². The molecule has 0 spiro atoms. The second kappa shape index (κ2) is 9.19. The first-order valence-electron chi connectivity index (χ1n) is 15.9. The van der Waals surface area contributed by atoms with Crippen molar-refractivity contribution >= 4 is 33.7 Å². The first-order chi connectivity index (χ1) is 19.3. The van der Waals surface area contributed by atoms with Crippen molar-refractivity contribution in [1.29, 1.82) is 0 Å². The Morgan fingerprint density at radius 3 is 0.952 bits per heavy atom. The zero-order valence-corrected chi connectivity index (χ0v) is 28.2. The summed E-state index contributed by atoms with van der Waals surface area (Å²) in [5.74, 6) is 0. The van der Waals surface area contributed by atoms with Crippen LogP contribution in [-0.2, 0) is 34.5 Å². The highest BCUT2D eigenvalue weighted by atomic mass is 14.3. The summed E-state index contributed by atoms with van der Waals surface area (Å²) in [5, 5.41) is 5.69. The van der Waals surface area contributed by atoms with Crippen molar-refractivity contribution in [2.45, 2.75) is 118 Å². The first kappa shape index (κ1) is 29.0. The van der Waals surface area contributed by atoms with E-state index in [9.17, 15) is 0 Å². The summed E-state index contributed by atoms with van der Waals surface area (Å²) in [6.07, 6.45) is 7.03. The van der Waals surface area contributed by atoms with E-state index in [0.29, 0.717) is 0 Å². The van der Waals surface area contributed by atoms with Gasteiger partial charge in [0.2, 0.25) is 0 Å². The van der Waals surface area contributed by atoms with E-state index < -0.39 is 0 Å². The Labute approximate surface area is 254 Å². The minimum Gasteiger partial charge on any atom is -0.0561 e. The maximum Gasteiger partial charge on any atom is -0.00162 e. The molecule has 4 aromatic rings. The van der Waals surface area contributed by atoms with Gasteiger partial charge in [-0.15, -0.1) is 0 Å². The zero-order valence-electron chi connectivity index (χ0n) is 28.2. The third-order valence-electron chi connectivity index (χ3n) is 9.62. The minimum atomic E-state index is 0.0967. The highest BCUT2D eigenvalue weighted by molar-refractivity contribution is 6.00. The van der Waals surface area contributed by atoms with Crippen molar-refractivity contribution in [2.24, 2.45) is 0 Å². The summed E-state index contributed by atoms with van der Waals surface area (Å²) in [7, 11) is 0. The van der Waals surface area contributed by atoms with Crippen LogP contribution in [0.3, 0.4) is 0 Å². The smallest absolute Gasteiger partial charge is 0.00162 e. The third-order valence-corrected chi connectivity index (χ3v) is 9.62. The Bertz CT molecular complexity index is 1680. The van der Waals surface area contributed by atoms with Crippen LogP contribution in [0.25, 0.3) is 33.7 Å². The number of allylic oxidation sites excluding steroid dienone is 2. The van der Waals surface area contributed by atoms with Gasteiger partial charge in [-0.3, -0.25) is 0 Å². The van der Waals surface area contributed by atoms with Gasteiger partial charge in [0.15, 0.2) is 0 Å². The molecule has 0 atom stereocenters. The van der Waals surface area contributed by atoms with Crippen molar-refractivity contribution in [3.63, 3.8) is 0 Å². The number of hydrogen-bond acceptors (Lipinski definition) is 0. The van der Waals surface area contributed by atoms with Crippen LogP contribution in [0.1, 0.15) is 128 Å². The maximum absolute atomic E-state index is 2.52. The van der Waals surface area contributed by atoms with E-state index in [1.807, 2.05) is 0 Å². The van der Waals surface area contributed by atoms with Gasteiger partial charge in [-0.05, 0) is 112 Å². The summed E-state index contributed by atoms with van der Waals surface area (Å²) in [4.78, 5) is 0. The molecule has 218 valence electrons. The molecular weight excluding hydrogens is 504 g/mol. The summed E-state index contributed by atoms with van der Waals surface area (Å²) in [6, 6.07) is 19.8. The molecule has 0 bridgehead atoms. The van der Waals surface area contributed by atoms with Crippen LogP contribution in [0, 0.1) is 0 Å². The average molecular weight is 555 g/mol.